The van der Waals surface area contributed by atoms with Crippen LogP contribution in [0.5, 0.6) is 11.5 Å². The quantitative estimate of drug-likeness (QED) is 0.488. The Morgan fingerprint density at radius 3 is 2.25 bits per heavy atom. The minimum atomic E-state index is -3.96. The molecule has 168 valence electrons. The normalized spacial score (nSPS) is 11.0. The molecule has 9 heteroatoms. The molecule has 0 saturated heterocycles. The minimum Gasteiger partial charge on any atom is -0.493 e. The van der Waals surface area contributed by atoms with Gasteiger partial charge in [-0.3, -0.25) is 4.79 Å². The molecule has 3 aromatic rings. The summed E-state index contributed by atoms with van der Waals surface area (Å²) in [7, 11) is -1.17. The molecule has 0 saturated carbocycles. The van der Waals surface area contributed by atoms with E-state index < -0.39 is 9.84 Å². The first-order valence-electron chi connectivity index (χ1n) is 9.67. The molecule has 3 aromatic carbocycles. The maximum atomic E-state index is 13.4. The highest BCUT2D eigenvalue weighted by Crippen LogP contribution is 2.42. The lowest BCUT2D eigenvalue weighted by Crippen LogP contribution is -2.29. The summed E-state index contributed by atoms with van der Waals surface area (Å²) < 4.78 is 37.5. The smallest absolute Gasteiger partial charge is 0.239 e. The zero-order chi connectivity index (χ0) is 23.1. The van der Waals surface area contributed by atoms with Crippen molar-refractivity contribution >= 4 is 33.0 Å². The Hall–Kier alpha value is -3.23. The zero-order valence-corrected chi connectivity index (χ0v) is 19.2. The molecule has 32 heavy (non-hydrogen) atoms. The van der Waals surface area contributed by atoms with Gasteiger partial charge in [-0.15, -0.1) is 0 Å². The Morgan fingerprint density at radius 1 is 0.938 bits per heavy atom. The van der Waals surface area contributed by atoms with Gasteiger partial charge in [-0.05, 0) is 42.0 Å². The number of methoxy groups -OCH3 is 2. The topological polar surface area (TPSA) is 93.7 Å². The molecule has 0 atom stereocenters. The second-order valence-electron chi connectivity index (χ2n) is 6.75. The molecule has 0 aliphatic carbocycles. The number of carbonyl (C=O) groups is 1. The van der Waals surface area contributed by atoms with Gasteiger partial charge >= 0.3 is 0 Å². The van der Waals surface area contributed by atoms with Crippen LogP contribution in [0.15, 0.2) is 76.5 Å². The SMILES string of the molecule is COc1ccc(NCC(=O)NCc2ccc(Cl)cc2)c(S(=O)(=O)c2ccccc2)c1OC. The summed E-state index contributed by atoms with van der Waals surface area (Å²) in [5.74, 6) is 0.0143. The fourth-order valence-corrected chi connectivity index (χ4v) is 4.80. The van der Waals surface area contributed by atoms with Crippen molar-refractivity contribution in [2.75, 3.05) is 26.1 Å². The second-order valence-corrected chi connectivity index (χ2v) is 9.07. The standard InChI is InChI=1S/C23H23ClN2O5S/c1-30-20-13-12-19(25-15-21(27)26-14-16-8-10-17(24)11-9-16)23(22(20)31-2)32(28,29)18-6-4-3-5-7-18/h3-13,25H,14-15H2,1-2H3,(H,26,27). The van der Waals surface area contributed by atoms with Crippen molar-refractivity contribution < 1.29 is 22.7 Å². The molecule has 0 aliphatic rings. The highest BCUT2D eigenvalue weighted by atomic mass is 35.5. The van der Waals surface area contributed by atoms with E-state index in [0.717, 1.165) is 5.56 Å². The van der Waals surface area contributed by atoms with Crippen molar-refractivity contribution in [1.29, 1.82) is 0 Å². The fraction of sp³-hybridized carbons (Fsp3) is 0.174. The van der Waals surface area contributed by atoms with E-state index in [-0.39, 0.29) is 39.4 Å². The van der Waals surface area contributed by atoms with Gasteiger partial charge in [0.2, 0.25) is 15.7 Å². The molecule has 0 aromatic heterocycles. The molecular formula is C23H23ClN2O5S. The van der Waals surface area contributed by atoms with Crippen LogP contribution in [0.25, 0.3) is 0 Å². The molecule has 0 radical (unpaired) electrons. The summed E-state index contributed by atoms with van der Waals surface area (Å²) in [5.41, 5.74) is 1.12. The summed E-state index contributed by atoms with van der Waals surface area (Å²) in [6.07, 6.45) is 0. The van der Waals surface area contributed by atoms with Gasteiger partial charge in [-0.25, -0.2) is 8.42 Å². The largest absolute Gasteiger partial charge is 0.493 e. The number of benzene rings is 3. The number of hydrogen-bond acceptors (Lipinski definition) is 6. The van der Waals surface area contributed by atoms with Gasteiger partial charge in [0.25, 0.3) is 0 Å². The number of sulfone groups is 1. The first kappa shape index (κ1) is 23.4. The number of carbonyl (C=O) groups excluding carboxylic acids is 1. The molecule has 0 spiro atoms. The average Bonchev–Trinajstić information content (AvgIpc) is 2.82. The van der Waals surface area contributed by atoms with E-state index in [0.29, 0.717) is 11.6 Å². The van der Waals surface area contributed by atoms with Crippen LogP contribution in [0.1, 0.15) is 5.56 Å². The van der Waals surface area contributed by atoms with Crippen LogP contribution >= 0.6 is 11.6 Å². The molecule has 0 heterocycles. The third-order valence-corrected chi connectivity index (χ3v) is 6.75. The predicted molar refractivity (Wildman–Crippen MR) is 123 cm³/mol. The summed E-state index contributed by atoms with van der Waals surface area (Å²) in [6.45, 7) is 0.180. The number of rotatable bonds is 9. The average molecular weight is 475 g/mol. The van der Waals surface area contributed by atoms with Crippen LogP contribution in [0.2, 0.25) is 5.02 Å². The summed E-state index contributed by atoms with van der Waals surface area (Å²) in [6, 6.07) is 18.2. The summed E-state index contributed by atoms with van der Waals surface area (Å²) in [5, 5.41) is 6.31. The first-order chi connectivity index (χ1) is 15.4. The van der Waals surface area contributed by atoms with Gasteiger partial charge < -0.3 is 20.1 Å². The van der Waals surface area contributed by atoms with E-state index in [1.165, 1.54) is 26.4 Å². The van der Waals surface area contributed by atoms with Gasteiger partial charge in [0.1, 0.15) is 4.90 Å². The predicted octanol–water partition coefficient (Wildman–Crippen LogP) is 3.92. The van der Waals surface area contributed by atoms with Crippen LogP contribution in [0.3, 0.4) is 0 Å². The third-order valence-electron chi connectivity index (χ3n) is 4.66. The van der Waals surface area contributed by atoms with Crippen LogP contribution in [0, 0.1) is 0 Å². The van der Waals surface area contributed by atoms with Crippen molar-refractivity contribution in [3.05, 3.63) is 77.3 Å². The van der Waals surface area contributed by atoms with Crippen molar-refractivity contribution in [3.63, 3.8) is 0 Å². The summed E-state index contributed by atoms with van der Waals surface area (Å²) in [4.78, 5) is 12.4. The number of ether oxygens (including phenoxy) is 2. The second kappa shape index (κ2) is 10.4. The first-order valence-corrected chi connectivity index (χ1v) is 11.5. The van der Waals surface area contributed by atoms with Gasteiger partial charge in [0.05, 0.1) is 31.3 Å². The van der Waals surface area contributed by atoms with E-state index in [9.17, 15) is 13.2 Å². The summed E-state index contributed by atoms with van der Waals surface area (Å²) >= 11 is 5.87. The van der Waals surface area contributed by atoms with Gasteiger partial charge in [-0.2, -0.15) is 0 Å². The van der Waals surface area contributed by atoms with Crippen LogP contribution < -0.4 is 20.1 Å². The number of halogens is 1. The molecule has 0 bridgehead atoms. The zero-order valence-electron chi connectivity index (χ0n) is 17.6. The lowest BCUT2D eigenvalue weighted by Gasteiger charge is -2.18. The molecule has 0 aliphatic heterocycles. The number of nitrogens with one attached hydrogen (secondary N) is 2. The van der Waals surface area contributed by atoms with E-state index in [1.807, 2.05) is 12.1 Å². The molecule has 7 nitrogen and oxygen atoms in total. The van der Waals surface area contributed by atoms with E-state index in [4.69, 9.17) is 21.1 Å². The Bertz CT molecular complexity index is 1180. The van der Waals surface area contributed by atoms with Crippen LogP contribution in [-0.4, -0.2) is 35.1 Å². The van der Waals surface area contributed by atoms with Crippen molar-refractivity contribution in [1.82, 2.24) is 5.32 Å². The van der Waals surface area contributed by atoms with Gasteiger partial charge in [0.15, 0.2) is 11.5 Å². The molecule has 2 N–H and O–H groups in total. The maximum Gasteiger partial charge on any atom is 0.239 e. The Kier molecular flexibility index (Phi) is 7.61. The van der Waals surface area contributed by atoms with E-state index >= 15 is 0 Å². The minimum absolute atomic E-state index is 0.0583. The van der Waals surface area contributed by atoms with Crippen molar-refractivity contribution in [2.24, 2.45) is 0 Å². The Labute approximate surface area is 192 Å². The molecule has 0 fully saturated rings. The number of hydrogen-bond donors (Lipinski definition) is 2. The fourth-order valence-electron chi connectivity index (χ4n) is 3.06. The number of anilines is 1. The van der Waals surface area contributed by atoms with Crippen LogP contribution in [-0.2, 0) is 21.2 Å². The van der Waals surface area contributed by atoms with E-state index in [2.05, 4.69) is 10.6 Å². The van der Waals surface area contributed by atoms with Crippen LogP contribution in [0.4, 0.5) is 5.69 Å². The molecule has 0 unspecified atom stereocenters. The van der Waals surface area contributed by atoms with Crippen molar-refractivity contribution in [3.8, 4) is 11.5 Å². The van der Waals surface area contributed by atoms with Gasteiger partial charge in [-0.1, -0.05) is 41.9 Å². The maximum absolute atomic E-state index is 13.4. The Balaban J connectivity index is 1.84. The van der Waals surface area contributed by atoms with Gasteiger partial charge in [0, 0.05) is 11.6 Å². The number of amides is 1. The Morgan fingerprint density at radius 2 is 1.62 bits per heavy atom. The lowest BCUT2D eigenvalue weighted by atomic mass is 10.2. The lowest BCUT2D eigenvalue weighted by molar-refractivity contribution is -0.119. The highest BCUT2D eigenvalue weighted by molar-refractivity contribution is 7.91. The highest BCUT2D eigenvalue weighted by Gasteiger charge is 2.28. The molecule has 3 rings (SSSR count). The monoisotopic (exact) mass is 474 g/mol. The molecule has 1 amide bonds. The molecular weight excluding hydrogens is 452 g/mol. The van der Waals surface area contributed by atoms with E-state index in [1.54, 1.807) is 42.5 Å². The third kappa shape index (κ3) is 5.33. The van der Waals surface area contributed by atoms with Crippen molar-refractivity contribution in [2.45, 2.75) is 16.3 Å².